The van der Waals surface area contributed by atoms with E-state index in [0.29, 0.717) is 6.92 Å². The largest absolute Gasteiger partial charge is 0.448 e. The second-order valence-corrected chi connectivity index (χ2v) is 6.47. The molecule has 3 rings (SSSR count). The Balaban J connectivity index is 2.04. The van der Waals surface area contributed by atoms with E-state index < -0.39 is 41.0 Å². The highest BCUT2D eigenvalue weighted by atomic mass is 19.1. The summed E-state index contributed by atoms with van der Waals surface area (Å²) in [5.41, 5.74) is -6.23. The van der Waals surface area contributed by atoms with Crippen LogP contribution in [0.4, 0.5) is 4.39 Å². The zero-order valence-corrected chi connectivity index (χ0v) is 14.3. The van der Waals surface area contributed by atoms with E-state index >= 15 is 4.39 Å². The van der Waals surface area contributed by atoms with Crippen molar-refractivity contribution in [3.8, 4) is 0 Å². The maximum absolute atomic E-state index is 15.1. The number of carbonyl (C=O) groups is 3. The van der Waals surface area contributed by atoms with Crippen molar-refractivity contribution in [1.29, 1.82) is 0 Å². The Morgan fingerprint density at radius 3 is 2.15 bits per heavy atom. The van der Waals surface area contributed by atoms with E-state index in [2.05, 4.69) is 0 Å². The Morgan fingerprint density at radius 2 is 1.59 bits per heavy atom. The summed E-state index contributed by atoms with van der Waals surface area (Å²) in [5.74, 6) is -3.92. The van der Waals surface area contributed by atoms with Crippen LogP contribution < -0.4 is 0 Å². The Bertz CT molecular complexity index is 880. The molecule has 0 radical (unpaired) electrons. The molecule has 6 nitrogen and oxygen atoms in total. The first-order valence-corrected chi connectivity index (χ1v) is 8.20. The third-order valence-electron chi connectivity index (χ3n) is 4.73. The van der Waals surface area contributed by atoms with Gasteiger partial charge in [0.1, 0.15) is 6.10 Å². The van der Waals surface area contributed by atoms with Gasteiger partial charge in [0.15, 0.2) is 0 Å². The average Bonchev–Trinajstić information content (AvgIpc) is 2.88. The van der Waals surface area contributed by atoms with Crippen LogP contribution in [0.2, 0.25) is 0 Å². The summed E-state index contributed by atoms with van der Waals surface area (Å²) >= 11 is 0. The van der Waals surface area contributed by atoms with Crippen molar-refractivity contribution < 1.29 is 33.7 Å². The average molecular weight is 372 g/mol. The maximum Gasteiger partial charge on any atom is 0.348 e. The summed E-state index contributed by atoms with van der Waals surface area (Å²) < 4.78 is 19.8. The zero-order valence-electron chi connectivity index (χ0n) is 14.3. The number of benzene rings is 2. The van der Waals surface area contributed by atoms with Crippen LogP contribution in [0.5, 0.6) is 0 Å². The number of halogens is 1. The lowest BCUT2D eigenvalue weighted by molar-refractivity contribution is -0.155. The number of esters is 1. The first kappa shape index (κ1) is 18.9. The highest BCUT2D eigenvalue weighted by Crippen LogP contribution is 2.43. The number of alkyl halides is 1. The molecule has 2 aromatic rings. The molecule has 1 aliphatic rings. The van der Waals surface area contributed by atoms with Gasteiger partial charge in [0.25, 0.3) is 0 Å². The summed E-state index contributed by atoms with van der Waals surface area (Å²) in [7, 11) is 0. The van der Waals surface area contributed by atoms with Gasteiger partial charge < -0.3 is 14.9 Å². The van der Waals surface area contributed by atoms with Crippen LogP contribution in [0.1, 0.15) is 28.9 Å². The molecule has 27 heavy (non-hydrogen) atoms. The van der Waals surface area contributed by atoms with Gasteiger partial charge in [-0.25, -0.2) is 9.18 Å². The van der Waals surface area contributed by atoms with Gasteiger partial charge in [0, 0.05) is 5.56 Å². The molecule has 2 aromatic carbocycles. The lowest BCUT2D eigenvalue weighted by atomic mass is 9.75. The van der Waals surface area contributed by atoms with Gasteiger partial charge >= 0.3 is 5.97 Å². The minimum Gasteiger partial charge on any atom is -0.448 e. The number of rotatable bonds is 5. The van der Waals surface area contributed by atoms with Gasteiger partial charge in [-0.1, -0.05) is 60.7 Å². The summed E-state index contributed by atoms with van der Waals surface area (Å²) in [6, 6.07) is 14.9. The predicted molar refractivity (Wildman–Crippen MR) is 91.5 cm³/mol. The van der Waals surface area contributed by atoms with E-state index in [9.17, 15) is 24.6 Å². The Kier molecular flexibility index (Phi) is 4.67. The van der Waals surface area contributed by atoms with E-state index in [1.807, 2.05) is 0 Å². The molecule has 1 aliphatic heterocycles. The minimum absolute atomic E-state index is 0.103. The number of carbonyl (C=O) groups excluding carboxylic acids is 3. The number of aliphatic hydroxyl groups excluding tert-OH is 1. The molecule has 0 spiro atoms. The number of hydrogen-bond acceptors (Lipinski definition) is 6. The van der Waals surface area contributed by atoms with Crippen LogP contribution in [0.15, 0.2) is 60.7 Å². The maximum atomic E-state index is 15.1. The number of ether oxygens (including phenoxy) is 1. The Hall–Kier alpha value is -2.90. The molecule has 0 amide bonds. The lowest BCUT2D eigenvalue weighted by Crippen LogP contribution is -2.61. The van der Waals surface area contributed by atoms with Gasteiger partial charge in [0.05, 0.1) is 0 Å². The SMILES string of the molecule is CC1(F)C(=O)O[C@H](C(=O)C(O)c2ccccc2)[C@]1(O)C(=O)c1ccccc1. The molecule has 1 heterocycles. The first-order valence-electron chi connectivity index (χ1n) is 8.20. The second kappa shape index (κ2) is 6.68. The van der Waals surface area contributed by atoms with Crippen molar-refractivity contribution in [2.75, 3.05) is 0 Å². The van der Waals surface area contributed by atoms with E-state index in [1.165, 1.54) is 36.4 Å². The third-order valence-corrected chi connectivity index (χ3v) is 4.73. The summed E-state index contributed by atoms with van der Waals surface area (Å²) in [4.78, 5) is 37.6. The quantitative estimate of drug-likeness (QED) is 0.610. The molecular weight excluding hydrogens is 355 g/mol. The van der Waals surface area contributed by atoms with Gasteiger partial charge in [-0.2, -0.15) is 0 Å². The number of cyclic esters (lactones) is 1. The molecule has 0 saturated carbocycles. The third kappa shape index (κ3) is 2.85. The predicted octanol–water partition coefficient (Wildman–Crippen LogP) is 1.56. The molecule has 7 heteroatoms. The van der Waals surface area contributed by atoms with Crippen LogP contribution in [0.25, 0.3) is 0 Å². The van der Waals surface area contributed by atoms with E-state index in [-0.39, 0.29) is 11.1 Å². The van der Waals surface area contributed by atoms with Crippen molar-refractivity contribution in [3.05, 3.63) is 71.8 Å². The highest BCUT2D eigenvalue weighted by molar-refractivity contribution is 6.13. The van der Waals surface area contributed by atoms with E-state index in [0.717, 1.165) is 0 Å². The van der Waals surface area contributed by atoms with Crippen molar-refractivity contribution in [1.82, 2.24) is 0 Å². The standard InChI is InChI=1S/C20H17FO6/c1-19(21)18(25)27-17(15(23)14(22)12-8-4-2-5-9-12)20(19,26)16(24)13-10-6-3-7-11-13/h2-11,14,17,22,26H,1H3/t14?,17-,19?,20-/m1/s1. The van der Waals surface area contributed by atoms with Gasteiger partial charge in [0.2, 0.25) is 28.9 Å². The normalized spacial score (nSPS) is 28.4. The minimum atomic E-state index is -3.17. The van der Waals surface area contributed by atoms with Crippen molar-refractivity contribution in [2.45, 2.75) is 30.4 Å². The van der Waals surface area contributed by atoms with Crippen molar-refractivity contribution in [3.63, 3.8) is 0 Å². The van der Waals surface area contributed by atoms with Crippen molar-refractivity contribution in [2.24, 2.45) is 0 Å². The number of aliphatic hydroxyl groups is 2. The van der Waals surface area contributed by atoms with E-state index in [4.69, 9.17) is 4.74 Å². The van der Waals surface area contributed by atoms with Crippen LogP contribution in [0.3, 0.4) is 0 Å². The number of ketones is 2. The monoisotopic (exact) mass is 372 g/mol. The zero-order chi connectivity index (χ0) is 19.8. The van der Waals surface area contributed by atoms with Crippen LogP contribution in [-0.4, -0.2) is 45.1 Å². The van der Waals surface area contributed by atoms with E-state index in [1.54, 1.807) is 24.3 Å². The molecule has 0 bridgehead atoms. The fourth-order valence-electron chi connectivity index (χ4n) is 3.05. The van der Waals surface area contributed by atoms with Gasteiger partial charge in [-0.15, -0.1) is 0 Å². The van der Waals surface area contributed by atoms with Crippen LogP contribution in [0, 0.1) is 0 Å². The fourth-order valence-corrected chi connectivity index (χ4v) is 3.05. The molecular formula is C20H17FO6. The van der Waals surface area contributed by atoms with Crippen LogP contribution >= 0.6 is 0 Å². The summed E-state index contributed by atoms with van der Waals surface area (Å²) in [6.07, 6.45) is -4.00. The fraction of sp³-hybridized carbons (Fsp3) is 0.250. The lowest BCUT2D eigenvalue weighted by Gasteiger charge is -2.31. The Labute approximate surface area is 154 Å². The molecule has 0 aliphatic carbocycles. The molecule has 1 fully saturated rings. The van der Waals surface area contributed by atoms with Crippen LogP contribution in [-0.2, 0) is 14.3 Å². The van der Waals surface area contributed by atoms with Gasteiger partial charge in [-0.05, 0) is 12.5 Å². The molecule has 0 aromatic heterocycles. The number of Topliss-reactive ketones (excluding diaryl/α,β-unsaturated/α-hetero) is 2. The summed E-state index contributed by atoms with van der Waals surface area (Å²) in [6.45, 7) is 0.679. The molecule has 4 atom stereocenters. The summed E-state index contributed by atoms with van der Waals surface area (Å²) in [5, 5.41) is 21.2. The second-order valence-electron chi connectivity index (χ2n) is 6.47. The van der Waals surface area contributed by atoms with Crippen molar-refractivity contribution >= 4 is 17.5 Å². The highest BCUT2D eigenvalue weighted by Gasteiger charge is 2.72. The molecule has 2 N–H and O–H groups in total. The molecule has 2 unspecified atom stereocenters. The number of hydrogen-bond donors (Lipinski definition) is 2. The Morgan fingerprint density at radius 1 is 1.07 bits per heavy atom. The van der Waals surface area contributed by atoms with Gasteiger partial charge in [-0.3, -0.25) is 9.59 Å². The molecule has 1 saturated heterocycles. The smallest absolute Gasteiger partial charge is 0.348 e. The first-order chi connectivity index (χ1) is 12.7. The topological polar surface area (TPSA) is 101 Å². The molecule has 140 valence electrons.